The highest BCUT2D eigenvalue weighted by atomic mass is 16.5. The Morgan fingerprint density at radius 1 is 1.14 bits per heavy atom. The molecule has 0 unspecified atom stereocenters. The van der Waals surface area contributed by atoms with E-state index in [2.05, 4.69) is 15.6 Å². The summed E-state index contributed by atoms with van der Waals surface area (Å²) < 4.78 is 5.67. The van der Waals surface area contributed by atoms with Crippen molar-refractivity contribution < 1.29 is 9.53 Å². The molecule has 0 spiro atoms. The fourth-order valence-corrected chi connectivity index (χ4v) is 1.69. The minimum atomic E-state index is -0.263. The number of rotatable bonds is 4. The number of aromatic nitrogens is 1. The number of nitrogens with one attached hydrogen (secondary N) is 2. The van der Waals surface area contributed by atoms with Crippen molar-refractivity contribution in [3.05, 3.63) is 42.2 Å². The average Bonchev–Trinajstić information content (AvgIpc) is 2.47. The lowest BCUT2D eigenvalue weighted by Crippen LogP contribution is -2.18. The van der Waals surface area contributed by atoms with Crippen molar-refractivity contribution in [2.75, 3.05) is 25.1 Å². The molecule has 2 aromatic rings. The molecule has 2 rings (SSSR count). The Bertz CT molecular complexity index is 632. The maximum absolute atomic E-state index is 11.5. The fourth-order valence-electron chi connectivity index (χ4n) is 1.69. The Balaban J connectivity index is 0.00000220. The number of nitrogens with two attached hydrogens (primary N) is 1. The molecule has 0 atom stereocenters. The van der Waals surface area contributed by atoms with Gasteiger partial charge in [-0.05, 0) is 18.2 Å². The van der Waals surface area contributed by atoms with Crippen molar-refractivity contribution in [2.24, 2.45) is 0 Å². The molecule has 8 nitrogen and oxygen atoms in total. The molecule has 1 aromatic heterocycles. The topological polar surface area (TPSA) is 159 Å². The number of ether oxygens (including phenoxy) is 1. The van der Waals surface area contributed by atoms with Gasteiger partial charge in [0.2, 0.25) is 0 Å². The van der Waals surface area contributed by atoms with E-state index < -0.39 is 0 Å². The smallest absolute Gasteiger partial charge is 0.269 e. The van der Waals surface area contributed by atoms with Gasteiger partial charge in [0, 0.05) is 32.4 Å². The van der Waals surface area contributed by atoms with E-state index in [0.29, 0.717) is 22.9 Å². The molecule has 0 aliphatic carbocycles. The first kappa shape index (κ1) is 19.2. The third kappa shape index (κ3) is 4.33. The van der Waals surface area contributed by atoms with Gasteiger partial charge >= 0.3 is 0 Å². The van der Waals surface area contributed by atoms with Crippen LogP contribution in [0, 0.1) is 0 Å². The van der Waals surface area contributed by atoms with E-state index in [9.17, 15) is 4.79 Å². The van der Waals surface area contributed by atoms with Gasteiger partial charge in [0.25, 0.3) is 5.91 Å². The summed E-state index contributed by atoms with van der Waals surface area (Å²) in [6.07, 6.45) is 1.52. The van der Waals surface area contributed by atoms with Crippen molar-refractivity contribution >= 4 is 17.3 Å². The first-order chi connectivity index (χ1) is 9.63. The molecule has 0 saturated heterocycles. The summed E-state index contributed by atoms with van der Waals surface area (Å²) in [5.74, 6) is 0.853. The van der Waals surface area contributed by atoms with Crippen LogP contribution in [0.2, 0.25) is 0 Å². The van der Waals surface area contributed by atoms with Crippen LogP contribution in [0.5, 0.6) is 11.5 Å². The van der Waals surface area contributed by atoms with Crippen LogP contribution in [0.3, 0.4) is 0 Å². The second-order valence-corrected chi connectivity index (χ2v) is 4.06. The van der Waals surface area contributed by atoms with Crippen LogP contribution >= 0.6 is 0 Å². The number of carbonyl (C=O) groups excluding carboxylic acids is 1. The lowest BCUT2D eigenvalue weighted by molar-refractivity contribution is 0.0958. The summed E-state index contributed by atoms with van der Waals surface area (Å²) in [4.78, 5) is 15.5. The predicted molar refractivity (Wildman–Crippen MR) is 88.1 cm³/mol. The zero-order valence-corrected chi connectivity index (χ0v) is 12.7. The van der Waals surface area contributed by atoms with Crippen LogP contribution in [-0.2, 0) is 0 Å². The molecule has 22 heavy (non-hydrogen) atoms. The number of benzene rings is 1. The van der Waals surface area contributed by atoms with Crippen molar-refractivity contribution in [2.45, 2.75) is 0 Å². The van der Waals surface area contributed by atoms with Gasteiger partial charge in [-0.1, -0.05) is 0 Å². The van der Waals surface area contributed by atoms with Gasteiger partial charge in [-0.2, -0.15) is 0 Å². The largest absolute Gasteiger partial charge is 0.457 e. The Hall–Kier alpha value is -2.84. The summed E-state index contributed by atoms with van der Waals surface area (Å²) in [6.45, 7) is 0. The minimum absolute atomic E-state index is 0. The summed E-state index contributed by atoms with van der Waals surface area (Å²) in [6, 6.07) is 8.58. The van der Waals surface area contributed by atoms with Gasteiger partial charge in [-0.15, -0.1) is 0 Å². The summed E-state index contributed by atoms with van der Waals surface area (Å²) >= 11 is 0. The quantitative estimate of drug-likeness (QED) is 0.541. The van der Waals surface area contributed by atoms with Crippen LogP contribution in [-0.4, -0.2) is 25.0 Å². The second kappa shape index (κ2) is 8.45. The number of hydrogen-bond acceptors (Lipinski definition) is 7. The van der Waals surface area contributed by atoms with Crippen LogP contribution in [0.4, 0.5) is 11.4 Å². The Morgan fingerprint density at radius 2 is 1.82 bits per heavy atom. The molecular formula is C14H22N6O2. The summed E-state index contributed by atoms with van der Waals surface area (Å²) in [7, 11) is 3.35. The lowest BCUT2D eigenvalue weighted by Gasteiger charge is -2.10. The number of pyridine rings is 1. The highest BCUT2D eigenvalue weighted by Gasteiger charge is 2.07. The number of nitrogens with zero attached hydrogens (tertiary/aromatic N) is 1. The lowest BCUT2D eigenvalue weighted by atomic mass is 10.2. The van der Waals surface area contributed by atoms with E-state index in [-0.39, 0.29) is 18.2 Å². The molecule has 10 N–H and O–H groups in total. The van der Waals surface area contributed by atoms with Gasteiger partial charge in [-0.25, -0.2) is 0 Å². The SMILES string of the molecule is CNC(=O)c1cc(Oc2ccc(NC)c(N)c2)ccn1.N.N. The molecule has 1 amide bonds. The van der Waals surface area contributed by atoms with Crippen molar-refractivity contribution in [1.29, 1.82) is 0 Å². The first-order valence-corrected chi connectivity index (χ1v) is 6.07. The highest BCUT2D eigenvalue weighted by molar-refractivity contribution is 5.92. The Labute approximate surface area is 129 Å². The van der Waals surface area contributed by atoms with Crippen LogP contribution < -0.4 is 33.4 Å². The van der Waals surface area contributed by atoms with Crippen LogP contribution in [0.25, 0.3) is 0 Å². The fraction of sp³-hybridized carbons (Fsp3) is 0.143. The van der Waals surface area contributed by atoms with Crippen molar-refractivity contribution in [3.63, 3.8) is 0 Å². The number of anilines is 2. The number of nitrogen functional groups attached to an aromatic ring is 1. The van der Waals surface area contributed by atoms with Gasteiger partial charge < -0.3 is 33.4 Å². The minimum Gasteiger partial charge on any atom is -0.457 e. The molecule has 0 saturated carbocycles. The molecule has 8 heteroatoms. The summed E-state index contributed by atoms with van der Waals surface area (Å²) in [5.41, 5.74) is 7.58. The van der Waals surface area contributed by atoms with Gasteiger partial charge in [-0.3, -0.25) is 9.78 Å². The molecule has 120 valence electrons. The molecule has 0 aliphatic rings. The second-order valence-electron chi connectivity index (χ2n) is 4.06. The molecule has 1 heterocycles. The van der Waals surface area contributed by atoms with Crippen molar-refractivity contribution in [3.8, 4) is 11.5 Å². The van der Waals surface area contributed by atoms with E-state index in [1.165, 1.54) is 6.20 Å². The molecule has 0 fully saturated rings. The molecule has 1 aromatic carbocycles. The number of amides is 1. The standard InChI is InChI=1S/C14H16N4O2.2H3N/c1-16-12-4-3-9(7-11(12)15)20-10-5-6-18-13(8-10)14(19)17-2;;/h3-8,16H,15H2,1-2H3,(H,17,19);2*1H3. The zero-order chi connectivity index (χ0) is 14.5. The van der Waals surface area contributed by atoms with E-state index in [1.54, 1.807) is 38.4 Å². The monoisotopic (exact) mass is 306 g/mol. The first-order valence-electron chi connectivity index (χ1n) is 6.07. The number of hydrogen-bond donors (Lipinski definition) is 5. The Morgan fingerprint density at radius 3 is 2.41 bits per heavy atom. The average molecular weight is 306 g/mol. The van der Waals surface area contributed by atoms with E-state index in [1.807, 2.05) is 6.07 Å². The van der Waals surface area contributed by atoms with Crippen molar-refractivity contribution in [1.82, 2.24) is 22.6 Å². The Kier molecular flexibility index (Phi) is 7.36. The predicted octanol–water partition coefficient (Wildman–Crippen LogP) is 2.18. The normalized spacial score (nSPS) is 9.00. The maximum atomic E-state index is 11.5. The molecule has 0 radical (unpaired) electrons. The highest BCUT2D eigenvalue weighted by Crippen LogP contribution is 2.27. The van der Waals surface area contributed by atoms with E-state index in [0.717, 1.165) is 5.69 Å². The third-order valence-corrected chi connectivity index (χ3v) is 2.72. The number of carbonyl (C=O) groups is 1. The molecule has 0 bridgehead atoms. The van der Waals surface area contributed by atoms with Crippen LogP contribution in [0.1, 0.15) is 10.5 Å². The van der Waals surface area contributed by atoms with Gasteiger partial charge in [0.1, 0.15) is 17.2 Å². The van der Waals surface area contributed by atoms with E-state index >= 15 is 0 Å². The van der Waals surface area contributed by atoms with E-state index in [4.69, 9.17) is 10.5 Å². The maximum Gasteiger partial charge on any atom is 0.269 e. The van der Waals surface area contributed by atoms with Gasteiger partial charge in [0.15, 0.2) is 0 Å². The molecular weight excluding hydrogens is 284 g/mol. The van der Waals surface area contributed by atoms with Gasteiger partial charge in [0.05, 0.1) is 11.4 Å². The third-order valence-electron chi connectivity index (χ3n) is 2.72. The summed E-state index contributed by atoms with van der Waals surface area (Å²) in [5, 5.41) is 5.49. The molecule has 0 aliphatic heterocycles. The zero-order valence-electron chi connectivity index (χ0n) is 12.7. The van der Waals surface area contributed by atoms with Crippen LogP contribution in [0.15, 0.2) is 36.5 Å².